The minimum Gasteiger partial charge on any atom is -0.480 e. The second-order valence-electron chi connectivity index (χ2n) is 6.95. The lowest BCUT2D eigenvalue weighted by atomic mass is 9.98. The largest absolute Gasteiger partial charge is 0.480 e. The van der Waals surface area contributed by atoms with Crippen molar-refractivity contribution in [3.05, 3.63) is 76.2 Å². The van der Waals surface area contributed by atoms with Crippen LogP contribution in [0.1, 0.15) is 22.7 Å². The summed E-state index contributed by atoms with van der Waals surface area (Å²) in [5.74, 6) is -1.16. The Labute approximate surface area is 172 Å². The van der Waals surface area contributed by atoms with Crippen LogP contribution in [0.5, 0.6) is 0 Å². The molecule has 1 N–H and O–H groups in total. The van der Waals surface area contributed by atoms with Crippen LogP contribution in [0.4, 0.5) is 4.79 Å². The minimum atomic E-state index is -1.09. The molecule has 0 saturated heterocycles. The Morgan fingerprint density at radius 3 is 2.31 bits per heavy atom. The highest BCUT2D eigenvalue weighted by atomic mass is 32.1. The summed E-state index contributed by atoms with van der Waals surface area (Å²) in [5.41, 5.74) is 6.79. The molecule has 148 valence electrons. The van der Waals surface area contributed by atoms with Gasteiger partial charge >= 0.3 is 12.1 Å². The van der Waals surface area contributed by atoms with Crippen molar-refractivity contribution in [1.82, 2.24) is 9.88 Å². The fourth-order valence-corrected chi connectivity index (χ4v) is 4.32. The van der Waals surface area contributed by atoms with Gasteiger partial charge < -0.3 is 9.84 Å². The molecule has 0 radical (unpaired) electrons. The summed E-state index contributed by atoms with van der Waals surface area (Å²) in [6.07, 6.45) is -0.519. The molecule has 6 nitrogen and oxygen atoms in total. The third kappa shape index (κ3) is 3.73. The van der Waals surface area contributed by atoms with Crippen molar-refractivity contribution in [3.63, 3.8) is 0 Å². The predicted octanol–water partition coefficient (Wildman–Crippen LogP) is 4.02. The number of aromatic nitrogens is 1. The van der Waals surface area contributed by atoms with Gasteiger partial charge in [-0.2, -0.15) is 0 Å². The van der Waals surface area contributed by atoms with E-state index in [1.807, 2.05) is 36.4 Å². The number of ether oxygens (including phenoxy) is 1. The minimum absolute atomic E-state index is 0.0680. The number of hydrogen-bond acceptors (Lipinski definition) is 5. The van der Waals surface area contributed by atoms with E-state index in [4.69, 9.17) is 4.74 Å². The van der Waals surface area contributed by atoms with Crippen LogP contribution in [0.3, 0.4) is 0 Å². The molecule has 1 aromatic heterocycles. The number of rotatable bonds is 6. The number of thiazole rings is 1. The van der Waals surface area contributed by atoms with E-state index in [0.717, 1.165) is 27.2 Å². The highest BCUT2D eigenvalue weighted by Gasteiger charge is 2.32. The van der Waals surface area contributed by atoms with Crippen LogP contribution >= 0.6 is 11.3 Å². The Balaban J connectivity index is 1.48. The second-order valence-corrected chi connectivity index (χ2v) is 7.67. The van der Waals surface area contributed by atoms with Crippen LogP contribution < -0.4 is 0 Å². The molecule has 29 heavy (non-hydrogen) atoms. The van der Waals surface area contributed by atoms with E-state index in [2.05, 4.69) is 17.1 Å². The number of amides is 1. The van der Waals surface area contributed by atoms with Gasteiger partial charge in [0.15, 0.2) is 0 Å². The van der Waals surface area contributed by atoms with E-state index in [1.54, 1.807) is 10.9 Å². The molecule has 1 aliphatic carbocycles. The molecule has 7 heteroatoms. The number of aliphatic carboxylic acids is 1. The number of carboxylic acids is 1. The van der Waals surface area contributed by atoms with Crippen LogP contribution in [-0.2, 0) is 16.0 Å². The van der Waals surface area contributed by atoms with Gasteiger partial charge in [0.25, 0.3) is 0 Å². The van der Waals surface area contributed by atoms with Crippen molar-refractivity contribution in [1.29, 1.82) is 0 Å². The lowest BCUT2D eigenvalue weighted by Crippen LogP contribution is -2.44. The number of likely N-dealkylation sites (N-methyl/N-ethyl adjacent to an activating group) is 1. The van der Waals surface area contributed by atoms with Gasteiger partial charge in [0.1, 0.15) is 12.6 Å². The van der Waals surface area contributed by atoms with Crippen molar-refractivity contribution in [2.75, 3.05) is 13.7 Å². The van der Waals surface area contributed by atoms with Gasteiger partial charge in [-0.25, -0.2) is 14.6 Å². The van der Waals surface area contributed by atoms with E-state index in [9.17, 15) is 14.7 Å². The third-order valence-corrected chi connectivity index (χ3v) is 5.90. The van der Waals surface area contributed by atoms with Crippen molar-refractivity contribution in [2.24, 2.45) is 0 Å². The molecule has 1 atom stereocenters. The Morgan fingerprint density at radius 2 is 1.76 bits per heavy atom. The maximum absolute atomic E-state index is 12.6. The number of benzene rings is 2. The van der Waals surface area contributed by atoms with E-state index in [1.165, 1.54) is 18.4 Å². The first-order chi connectivity index (χ1) is 14.1. The topological polar surface area (TPSA) is 79.7 Å². The molecule has 4 rings (SSSR count). The monoisotopic (exact) mass is 408 g/mol. The van der Waals surface area contributed by atoms with E-state index < -0.39 is 18.1 Å². The summed E-state index contributed by atoms with van der Waals surface area (Å²) >= 11 is 1.39. The van der Waals surface area contributed by atoms with Gasteiger partial charge in [-0.05, 0) is 22.3 Å². The molecule has 0 unspecified atom stereocenters. The molecule has 0 bridgehead atoms. The normalized spacial score (nSPS) is 13.4. The SMILES string of the molecule is CN(C(=O)OCC1c2ccccc2-c2ccccc21)[C@@H](Cc1cscn1)C(=O)O. The van der Waals surface area contributed by atoms with Crippen LogP contribution in [0.25, 0.3) is 11.1 Å². The van der Waals surface area contributed by atoms with Gasteiger partial charge in [0, 0.05) is 24.8 Å². The van der Waals surface area contributed by atoms with E-state index in [-0.39, 0.29) is 18.9 Å². The maximum Gasteiger partial charge on any atom is 0.410 e. The molecule has 1 heterocycles. The Kier molecular flexibility index (Phi) is 5.31. The summed E-state index contributed by atoms with van der Waals surface area (Å²) in [5, 5.41) is 11.3. The highest BCUT2D eigenvalue weighted by Crippen LogP contribution is 2.44. The Hall–Kier alpha value is -3.19. The molecular formula is C22H20N2O4S. The summed E-state index contributed by atoms with van der Waals surface area (Å²) < 4.78 is 5.56. The average molecular weight is 408 g/mol. The lowest BCUT2D eigenvalue weighted by Gasteiger charge is -2.24. The molecule has 0 aliphatic heterocycles. The third-order valence-electron chi connectivity index (χ3n) is 5.26. The van der Waals surface area contributed by atoms with Gasteiger partial charge in [-0.15, -0.1) is 11.3 Å². The molecule has 3 aromatic rings. The first kappa shape index (κ1) is 19.1. The maximum atomic E-state index is 12.6. The lowest BCUT2D eigenvalue weighted by molar-refractivity contribution is -0.142. The van der Waals surface area contributed by atoms with E-state index >= 15 is 0 Å². The van der Waals surface area contributed by atoms with Crippen molar-refractivity contribution in [3.8, 4) is 11.1 Å². The van der Waals surface area contributed by atoms with Gasteiger partial charge in [0.05, 0.1) is 11.2 Å². The van der Waals surface area contributed by atoms with Gasteiger partial charge in [0.2, 0.25) is 0 Å². The summed E-state index contributed by atoms with van der Waals surface area (Å²) in [6, 6.07) is 15.1. The molecule has 2 aromatic carbocycles. The summed E-state index contributed by atoms with van der Waals surface area (Å²) in [4.78, 5) is 29.6. The number of nitrogens with zero attached hydrogens (tertiary/aromatic N) is 2. The zero-order chi connectivity index (χ0) is 20.4. The molecule has 0 spiro atoms. The number of carbonyl (C=O) groups is 2. The smallest absolute Gasteiger partial charge is 0.410 e. The standard InChI is InChI=1S/C22H20N2O4S/c1-24(20(21(25)26)10-14-12-29-13-23-14)22(27)28-11-19-17-8-4-2-6-15(17)16-7-3-5-9-18(16)19/h2-9,12-13,19-20H,10-11H2,1H3,(H,25,26)/t20-/m0/s1. The molecule has 0 saturated carbocycles. The van der Waals surface area contributed by atoms with Crippen molar-refractivity contribution < 1.29 is 19.4 Å². The first-order valence-corrected chi connectivity index (χ1v) is 10.2. The van der Waals surface area contributed by atoms with Crippen LogP contribution in [0, 0.1) is 0 Å². The van der Waals surface area contributed by atoms with Crippen LogP contribution in [-0.4, -0.2) is 46.7 Å². The van der Waals surface area contributed by atoms with E-state index in [0.29, 0.717) is 5.69 Å². The molecule has 0 fully saturated rings. The number of carboxylic acid groups (broad SMARTS) is 1. The fourth-order valence-electron chi connectivity index (χ4n) is 3.75. The molecule has 1 aliphatic rings. The number of fused-ring (bicyclic) bond motifs is 3. The summed E-state index contributed by atoms with van der Waals surface area (Å²) in [7, 11) is 1.45. The van der Waals surface area contributed by atoms with Gasteiger partial charge in [-0.3, -0.25) is 4.90 Å². The van der Waals surface area contributed by atoms with Crippen molar-refractivity contribution in [2.45, 2.75) is 18.4 Å². The first-order valence-electron chi connectivity index (χ1n) is 9.24. The molecule has 1 amide bonds. The van der Waals surface area contributed by atoms with Gasteiger partial charge in [-0.1, -0.05) is 48.5 Å². The van der Waals surface area contributed by atoms with Crippen LogP contribution in [0.15, 0.2) is 59.4 Å². The predicted molar refractivity (Wildman–Crippen MR) is 110 cm³/mol. The average Bonchev–Trinajstić information content (AvgIpc) is 3.36. The zero-order valence-electron chi connectivity index (χ0n) is 15.8. The van der Waals surface area contributed by atoms with Crippen LogP contribution in [0.2, 0.25) is 0 Å². The number of carbonyl (C=O) groups excluding carboxylic acids is 1. The second kappa shape index (κ2) is 8.05. The zero-order valence-corrected chi connectivity index (χ0v) is 16.6. The Morgan fingerprint density at radius 1 is 1.14 bits per heavy atom. The number of hydrogen-bond donors (Lipinski definition) is 1. The fraction of sp³-hybridized carbons (Fsp3) is 0.227. The van der Waals surface area contributed by atoms with Crippen molar-refractivity contribution >= 4 is 23.4 Å². The quantitative estimate of drug-likeness (QED) is 0.666. The summed E-state index contributed by atoms with van der Waals surface area (Å²) in [6.45, 7) is 0.153. The highest BCUT2D eigenvalue weighted by molar-refractivity contribution is 7.07. The Bertz CT molecular complexity index is 989. The molecular weight excluding hydrogens is 388 g/mol.